The van der Waals surface area contributed by atoms with Crippen LogP contribution in [0.15, 0.2) is 46.5 Å². The lowest BCUT2D eigenvalue weighted by atomic mass is 10.3. The first-order valence-corrected chi connectivity index (χ1v) is 7.58. The van der Waals surface area contributed by atoms with Gasteiger partial charge >= 0.3 is 0 Å². The van der Waals surface area contributed by atoms with Gasteiger partial charge in [-0.05, 0) is 12.1 Å². The summed E-state index contributed by atoms with van der Waals surface area (Å²) in [6.45, 7) is 0. The molecule has 0 aliphatic carbocycles. The molecular formula is C14H13N5O2S. The van der Waals surface area contributed by atoms with E-state index in [1.165, 1.54) is 18.0 Å². The van der Waals surface area contributed by atoms with Crippen molar-refractivity contribution in [3.63, 3.8) is 0 Å². The van der Waals surface area contributed by atoms with Gasteiger partial charge < -0.3 is 10.7 Å². The van der Waals surface area contributed by atoms with Crippen molar-refractivity contribution < 1.29 is 4.79 Å². The molecule has 0 fully saturated rings. The summed E-state index contributed by atoms with van der Waals surface area (Å²) < 4.78 is 1.61. The maximum Gasteiger partial charge on any atom is 0.262 e. The Morgan fingerprint density at radius 2 is 2.09 bits per heavy atom. The van der Waals surface area contributed by atoms with E-state index in [1.807, 2.05) is 30.3 Å². The van der Waals surface area contributed by atoms with Crippen LogP contribution in [0.1, 0.15) is 6.42 Å². The number of hydrogen-bond acceptors (Lipinski definition) is 5. The third-order valence-corrected chi connectivity index (χ3v) is 3.88. The molecule has 0 spiro atoms. The zero-order chi connectivity index (χ0) is 15.5. The summed E-state index contributed by atoms with van der Waals surface area (Å²) in [5.41, 5.74) is 6.15. The summed E-state index contributed by atoms with van der Waals surface area (Å²) in [4.78, 5) is 30.0. The van der Waals surface area contributed by atoms with E-state index in [2.05, 4.69) is 15.1 Å². The Bertz CT molecular complexity index is 872. The van der Waals surface area contributed by atoms with Crippen LogP contribution in [-0.4, -0.2) is 31.4 Å². The zero-order valence-corrected chi connectivity index (χ0v) is 12.3. The summed E-state index contributed by atoms with van der Waals surface area (Å²) >= 11 is 1.28. The number of amides is 1. The molecule has 0 atom stereocenters. The summed E-state index contributed by atoms with van der Waals surface area (Å²) in [7, 11) is 0. The smallest absolute Gasteiger partial charge is 0.262 e. The van der Waals surface area contributed by atoms with Gasteiger partial charge in [-0.2, -0.15) is 5.10 Å². The summed E-state index contributed by atoms with van der Waals surface area (Å²) in [6.07, 6.45) is 1.72. The Hall–Kier alpha value is -2.61. The molecule has 0 saturated heterocycles. The van der Waals surface area contributed by atoms with Gasteiger partial charge in [0.25, 0.3) is 5.56 Å². The lowest BCUT2D eigenvalue weighted by molar-refractivity contribution is -0.117. The van der Waals surface area contributed by atoms with Crippen LogP contribution in [0, 0.1) is 0 Å². The second-order valence-corrected chi connectivity index (χ2v) is 5.65. The van der Waals surface area contributed by atoms with Crippen molar-refractivity contribution >= 4 is 28.7 Å². The van der Waals surface area contributed by atoms with E-state index in [-0.39, 0.29) is 17.9 Å². The fourth-order valence-electron chi connectivity index (χ4n) is 1.97. The lowest BCUT2D eigenvalue weighted by Gasteiger charge is -2.04. The minimum absolute atomic E-state index is 0.227. The normalized spacial score (nSPS) is 10.9. The van der Waals surface area contributed by atoms with E-state index in [9.17, 15) is 9.59 Å². The summed E-state index contributed by atoms with van der Waals surface area (Å²) in [5.74, 6) is 0.0775. The average molecular weight is 315 g/mol. The Balaban J connectivity index is 2.00. The fraction of sp³-hybridized carbons (Fsp3) is 0.143. The van der Waals surface area contributed by atoms with E-state index in [4.69, 9.17) is 5.73 Å². The van der Waals surface area contributed by atoms with Gasteiger partial charge in [-0.25, -0.2) is 9.67 Å². The Labute approximate surface area is 129 Å². The first-order chi connectivity index (χ1) is 10.6. The molecule has 0 aliphatic rings. The monoisotopic (exact) mass is 315 g/mol. The number of nitrogens with two attached hydrogens (primary N) is 1. The molecule has 0 saturated carbocycles. The van der Waals surface area contributed by atoms with Gasteiger partial charge in [0.1, 0.15) is 5.39 Å². The number of carbonyl (C=O) groups excluding carboxylic acids is 1. The Morgan fingerprint density at radius 1 is 1.32 bits per heavy atom. The number of benzene rings is 1. The Morgan fingerprint density at radius 3 is 2.82 bits per heavy atom. The second kappa shape index (κ2) is 6.02. The highest BCUT2D eigenvalue weighted by Gasteiger charge is 2.11. The quantitative estimate of drug-likeness (QED) is 0.541. The molecule has 0 aliphatic heterocycles. The van der Waals surface area contributed by atoms with Gasteiger partial charge in [-0.1, -0.05) is 30.0 Å². The number of para-hydroxylation sites is 1. The van der Waals surface area contributed by atoms with Crippen LogP contribution in [0.2, 0.25) is 0 Å². The van der Waals surface area contributed by atoms with Crippen molar-refractivity contribution in [1.29, 1.82) is 0 Å². The predicted molar refractivity (Wildman–Crippen MR) is 84.0 cm³/mol. The number of H-pyrrole nitrogens is 1. The molecule has 1 amide bonds. The molecule has 3 aromatic rings. The van der Waals surface area contributed by atoms with Crippen molar-refractivity contribution in [2.75, 3.05) is 5.75 Å². The van der Waals surface area contributed by atoms with Gasteiger partial charge in [-0.15, -0.1) is 0 Å². The molecular weight excluding hydrogens is 302 g/mol. The zero-order valence-electron chi connectivity index (χ0n) is 11.5. The van der Waals surface area contributed by atoms with E-state index in [1.54, 1.807) is 4.68 Å². The predicted octanol–water partition coefficient (Wildman–Crippen LogP) is 1.08. The number of fused-ring (bicyclic) bond motifs is 1. The maximum absolute atomic E-state index is 12.1. The molecule has 0 unspecified atom stereocenters. The molecule has 7 nitrogen and oxygen atoms in total. The van der Waals surface area contributed by atoms with E-state index in [0.717, 1.165) is 5.69 Å². The fourth-order valence-corrected chi connectivity index (χ4v) is 2.79. The second-order valence-electron chi connectivity index (χ2n) is 4.57. The van der Waals surface area contributed by atoms with E-state index >= 15 is 0 Å². The van der Waals surface area contributed by atoms with E-state index in [0.29, 0.717) is 21.9 Å². The maximum atomic E-state index is 12.1. The van der Waals surface area contributed by atoms with Crippen molar-refractivity contribution in [3.8, 4) is 5.69 Å². The standard InChI is InChI=1S/C14H13N5O2S/c15-11(20)6-7-22-14-17-12-10(13(21)18-14)8-16-19(12)9-4-2-1-3-5-9/h1-5,8H,6-7H2,(H2,15,20)(H,17,18,21). The Kier molecular flexibility index (Phi) is 3.92. The number of aromatic amines is 1. The summed E-state index contributed by atoms with van der Waals surface area (Å²) in [5, 5.41) is 5.09. The lowest BCUT2D eigenvalue weighted by Crippen LogP contribution is -2.12. The highest BCUT2D eigenvalue weighted by Crippen LogP contribution is 2.18. The molecule has 112 valence electrons. The number of nitrogens with one attached hydrogen (secondary N) is 1. The largest absolute Gasteiger partial charge is 0.370 e. The van der Waals surface area contributed by atoms with Crippen LogP contribution in [0.25, 0.3) is 16.7 Å². The minimum Gasteiger partial charge on any atom is -0.370 e. The first-order valence-electron chi connectivity index (χ1n) is 6.60. The van der Waals surface area contributed by atoms with Gasteiger partial charge in [0.15, 0.2) is 10.8 Å². The topological polar surface area (TPSA) is 107 Å². The molecule has 0 bridgehead atoms. The third kappa shape index (κ3) is 2.86. The van der Waals surface area contributed by atoms with Crippen molar-refractivity contribution in [2.24, 2.45) is 5.73 Å². The molecule has 0 radical (unpaired) electrons. The summed E-state index contributed by atoms with van der Waals surface area (Å²) in [6, 6.07) is 9.45. The van der Waals surface area contributed by atoms with Crippen molar-refractivity contribution in [3.05, 3.63) is 46.9 Å². The van der Waals surface area contributed by atoms with Crippen LogP contribution < -0.4 is 11.3 Å². The highest BCUT2D eigenvalue weighted by molar-refractivity contribution is 7.99. The molecule has 1 aromatic carbocycles. The van der Waals surface area contributed by atoms with Gasteiger partial charge in [0.05, 0.1) is 11.9 Å². The molecule has 2 aromatic heterocycles. The number of carbonyl (C=O) groups is 1. The number of nitrogens with zero attached hydrogens (tertiary/aromatic N) is 3. The minimum atomic E-state index is -0.384. The van der Waals surface area contributed by atoms with Gasteiger partial charge in [0.2, 0.25) is 5.91 Å². The van der Waals surface area contributed by atoms with Crippen LogP contribution in [0.3, 0.4) is 0 Å². The molecule has 8 heteroatoms. The highest BCUT2D eigenvalue weighted by atomic mass is 32.2. The number of aromatic nitrogens is 4. The van der Waals surface area contributed by atoms with E-state index < -0.39 is 0 Å². The number of rotatable bonds is 5. The first kappa shape index (κ1) is 14.3. The van der Waals surface area contributed by atoms with Crippen LogP contribution in [0.4, 0.5) is 0 Å². The van der Waals surface area contributed by atoms with Gasteiger partial charge in [-0.3, -0.25) is 9.59 Å². The number of hydrogen-bond donors (Lipinski definition) is 2. The average Bonchev–Trinajstić information content (AvgIpc) is 2.92. The third-order valence-electron chi connectivity index (χ3n) is 3.00. The molecule has 3 rings (SSSR count). The molecule has 2 heterocycles. The van der Waals surface area contributed by atoms with Gasteiger partial charge in [0, 0.05) is 12.2 Å². The van der Waals surface area contributed by atoms with Crippen LogP contribution >= 0.6 is 11.8 Å². The number of primary amides is 1. The van der Waals surface area contributed by atoms with Crippen molar-refractivity contribution in [1.82, 2.24) is 19.7 Å². The number of thioether (sulfide) groups is 1. The SMILES string of the molecule is NC(=O)CCSc1nc2c(cnn2-c2ccccc2)c(=O)[nH]1. The van der Waals surface area contributed by atoms with Crippen LogP contribution in [0.5, 0.6) is 0 Å². The van der Waals surface area contributed by atoms with Crippen molar-refractivity contribution in [2.45, 2.75) is 11.6 Å². The van der Waals surface area contributed by atoms with Crippen LogP contribution in [-0.2, 0) is 4.79 Å². The molecule has 22 heavy (non-hydrogen) atoms. The molecule has 3 N–H and O–H groups in total.